The standard InChI is InChI=1S/C27H24BrN3O5/c1-3-36-20-12-10-19(11-13-20)30-26(33)22-23(16-6-5-9-21(15-16)35-2)29-31(24(22)27(30)34)25(32)17-7-4-8-18(28)14-17/h4-15,22-24,29H,3H2,1-2H3/t22-,23+,24+/m1/s1. The van der Waals surface area contributed by atoms with Crippen LogP contribution in [0.3, 0.4) is 0 Å². The first-order valence-electron chi connectivity index (χ1n) is 11.5. The number of rotatable bonds is 6. The van der Waals surface area contributed by atoms with Gasteiger partial charge in [0, 0.05) is 10.0 Å². The topological polar surface area (TPSA) is 88.2 Å². The molecule has 2 fully saturated rings. The van der Waals surface area contributed by atoms with Crippen molar-refractivity contribution >= 4 is 39.3 Å². The van der Waals surface area contributed by atoms with Gasteiger partial charge in [-0.1, -0.05) is 34.1 Å². The molecular weight excluding hydrogens is 526 g/mol. The number of hydrogen-bond donors (Lipinski definition) is 1. The second-order valence-electron chi connectivity index (χ2n) is 8.48. The van der Waals surface area contributed by atoms with Gasteiger partial charge in [0.15, 0.2) is 0 Å². The molecule has 0 unspecified atom stereocenters. The van der Waals surface area contributed by atoms with E-state index in [0.29, 0.717) is 29.4 Å². The normalized spacial score (nSPS) is 21.0. The third-order valence-electron chi connectivity index (χ3n) is 6.38. The number of amides is 3. The summed E-state index contributed by atoms with van der Waals surface area (Å²) >= 11 is 3.39. The van der Waals surface area contributed by atoms with E-state index in [-0.39, 0.29) is 5.91 Å². The molecule has 2 saturated heterocycles. The SMILES string of the molecule is CCOc1ccc(N2C(=O)[C@H]3[C@@H](C2=O)N(C(=O)c2cccc(Br)c2)N[C@H]3c2cccc(OC)c2)cc1. The van der Waals surface area contributed by atoms with Gasteiger partial charge in [-0.2, -0.15) is 0 Å². The number of anilines is 1. The first-order valence-corrected chi connectivity index (χ1v) is 12.3. The number of hydrazine groups is 1. The summed E-state index contributed by atoms with van der Waals surface area (Å²) < 4.78 is 11.6. The van der Waals surface area contributed by atoms with E-state index >= 15 is 0 Å². The monoisotopic (exact) mass is 549 g/mol. The zero-order chi connectivity index (χ0) is 25.4. The van der Waals surface area contributed by atoms with Crippen LogP contribution in [-0.2, 0) is 9.59 Å². The van der Waals surface area contributed by atoms with E-state index in [0.717, 1.165) is 10.0 Å². The molecule has 0 aliphatic carbocycles. The Morgan fingerprint density at radius 1 is 0.972 bits per heavy atom. The van der Waals surface area contributed by atoms with Crippen LogP contribution in [-0.4, -0.2) is 42.5 Å². The summed E-state index contributed by atoms with van der Waals surface area (Å²) in [6.45, 7) is 2.39. The van der Waals surface area contributed by atoms with E-state index in [2.05, 4.69) is 21.4 Å². The van der Waals surface area contributed by atoms with Gasteiger partial charge < -0.3 is 9.47 Å². The van der Waals surface area contributed by atoms with Crippen molar-refractivity contribution in [2.75, 3.05) is 18.6 Å². The van der Waals surface area contributed by atoms with E-state index in [9.17, 15) is 14.4 Å². The number of carbonyl (C=O) groups excluding carboxylic acids is 3. The predicted molar refractivity (Wildman–Crippen MR) is 137 cm³/mol. The minimum absolute atomic E-state index is 0.376. The van der Waals surface area contributed by atoms with Crippen molar-refractivity contribution in [3.8, 4) is 11.5 Å². The minimum atomic E-state index is -1.01. The Labute approximate surface area is 216 Å². The largest absolute Gasteiger partial charge is 0.497 e. The molecule has 2 aliphatic rings. The van der Waals surface area contributed by atoms with E-state index in [1.165, 1.54) is 9.91 Å². The molecule has 0 saturated carbocycles. The lowest BCUT2D eigenvalue weighted by Gasteiger charge is -2.25. The molecular formula is C27H24BrN3O5. The van der Waals surface area contributed by atoms with Gasteiger partial charge in [-0.05, 0) is 67.1 Å². The molecule has 0 spiro atoms. The van der Waals surface area contributed by atoms with Crippen molar-refractivity contribution in [3.63, 3.8) is 0 Å². The van der Waals surface area contributed by atoms with Crippen LogP contribution in [0.4, 0.5) is 5.69 Å². The molecule has 184 valence electrons. The smallest absolute Gasteiger partial charge is 0.268 e. The number of carbonyl (C=O) groups is 3. The molecule has 36 heavy (non-hydrogen) atoms. The number of halogens is 1. The fourth-order valence-electron chi connectivity index (χ4n) is 4.76. The third kappa shape index (κ3) is 4.14. The number of nitrogens with one attached hydrogen (secondary N) is 1. The average molecular weight is 550 g/mol. The third-order valence-corrected chi connectivity index (χ3v) is 6.88. The Balaban J connectivity index is 1.55. The first kappa shape index (κ1) is 24.0. The molecule has 0 aromatic heterocycles. The first-order chi connectivity index (χ1) is 17.4. The molecule has 9 heteroatoms. The Hall–Kier alpha value is -3.69. The lowest BCUT2D eigenvalue weighted by atomic mass is 9.90. The van der Waals surface area contributed by atoms with Crippen LogP contribution in [0, 0.1) is 5.92 Å². The van der Waals surface area contributed by atoms with Crippen LogP contribution >= 0.6 is 15.9 Å². The predicted octanol–water partition coefficient (Wildman–Crippen LogP) is 4.12. The van der Waals surface area contributed by atoms with Gasteiger partial charge in [0.25, 0.3) is 11.8 Å². The van der Waals surface area contributed by atoms with E-state index < -0.39 is 29.8 Å². The lowest BCUT2D eigenvalue weighted by Crippen LogP contribution is -2.48. The van der Waals surface area contributed by atoms with Crippen LogP contribution < -0.4 is 19.8 Å². The van der Waals surface area contributed by atoms with Crippen molar-refractivity contribution < 1.29 is 23.9 Å². The number of benzene rings is 3. The molecule has 3 atom stereocenters. The molecule has 2 aliphatic heterocycles. The molecule has 3 aromatic carbocycles. The summed E-state index contributed by atoms with van der Waals surface area (Å²) in [5.74, 6) is -0.793. The van der Waals surface area contributed by atoms with Gasteiger partial charge in [-0.15, -0.1) is 0 Å². The van der Waals surface area contributed by atoms with Crippen LogP contribution in [0.5, 0.6) is 11.5 Å². The molecule has 2 heterocycles. The molecule has 3 aromatic rings. The van der Waals surface area contributed by atoms with Crippen molar-refractivity contribution in [1.82, 2.24) is 10.4 Å². The van der Waals surface area contributed by atoms with Crippen molar-refractivity contribution in [2.45, 2.75) is 19.0 Å². The summed E-state index contributed by atoms with van der Waals surface area (Å²) in [5.41, 5.74) is 4.72. The van der Waals surface area contributed by atoms with Gasteiger partial charge >= 0.3 is 0 Å². The highest BCUT2D eigenvalue weighted by atomic mass is 79.9. The van der Waals surface area contributed by atoms with Crippen molar-refractivity contribution in [3.05, 3.63) is 88.4 Å². The molecule has 1 N–H and O–H groups in total. The van der Waals surface area contributed by atoms with E-state index in [1.54, 1.807) is 61.7 Å². The van der Waals surface area contributed by atoms with Gasteiger partial charge in [-0.3, -0.25) is 19.4 Å². The highest BCUT2D eigenvalue weighted by Gasteiger charge is 2.60. The van der Waals surface area contributed by atoms with Crippen LogP contribution in [0.15, 0.2) is 77.3 Å². The molecule has 3 amide bonds. The van der Waals surface area contributed by atoms with E-state index in [1.807, 2.05) is 25.1 Å². The Kier molecular flexibility index (Phi) is 6.51. The minimum Gasteiger partial charge on any atom is -0.497 e. The second kappa shape index (κ2) is 9.75. The summed E-state index contributed by atoms with van der Waals surface area (Å²) in [6.07, 6.45) is 0. The number of imide groups is 1. The number of fused-ring (bicyclic) bond motifs is 1. The van der Waals surface area contributed by atoms with Crippen LogP contribution in [0.1, 0.15) is 28.9 Å². The van der Waals surface area contributed by atoms with Gasteiger partial charge in [-0.25, -0.2) is 10.3 Å². The Bertz CT molecular complexity index is 1330. The van der Waals surface area contributed by atoms with Crippen molar-refractivity contribution in [2.24, 2.45) is 5.92 Å². The number of methoxy groups -OCH3 is 1. The summed E-state index contributed by atoms with van der Waals surface area (Å²) in [4.78, 5) is 42.2. The molecule has 0 radical (unpaired) electrons. The highest BCUT2D eigenvalue weighted by molar-refractivity contribution is 9.10. The number of ether oxygens (including phenoxy) is 2. The quantitative estimate of drug-likeness (QED) is 0.465. The second-order valence-corrected chi connectivity index (χ2v) is 9.39. The van der Waals surface area contributed by atoms with Crippen molar-refractivity contribution in [1.29, 1.82) is 0 Å². The lowest BCUT2D eigenvalue weighted by molar-refractivity contribution is -0.123. The maximum Gasteiger partial charge on any atom is 0.268 e. The van der Waals surface area contributed by atoms with Gasteiger partial charge in [0.1, 0.15) is 17.5 Å². The fourth-order valence-corrected chi connectivity index (χ4v) is 5.16. The number of hydrogen-bond acceptors (Lipinski definition) is 6. The maximum atomic E-state index is 13.8. The highest BCUT2D eigenvalue weighted by Crippen LogP contribution is 2.43. The molecule has 5 rings (SSSR count). The fraction of sp³-hybridized carbons (Fsp3) is 0.222. The Morgan fingerprint density at radius 3 is 2.42 bits per heavy atom. The zero-order valence-electron chi connectivity index (χ0n) is 19.7. The maximum absolute atomic E-state index is 13.8. The number of nitrogens with zero attached hydrogens (tertiary/aromatic N) is 2. The average Bonchev–Trinajstić information content (AvgIpc) is 3.41. The summed E-state index contributed by atoms with van der Waals surface area (Å²) in [5, 5.41) is 1.30. The Morgan fingerprint density at radius 2 is 1.72 bits per heavy atom. The van der Waals surface area contributed by atoms with Crippen LogP contribution in [0.25, 0.3) is 0 Å². The van der Waals surface area contributed by atoms with Crippen LogP contribution in [0.2, 0.25) is 0 Å². The van der Waals surface area contributed by atoms with Gasteiger partial charge in [0.2, 0.25) is 5.91 Å². The molecule has 8 nitrogen and oxygen atoms in total. The zero-order valence-corrected chi connectivity index (χ0v) is 21.3. The molecule has 0 bridgehead atoms. The van der Waals surface area contributed by atoms with E-state index in [4.69, 9.17) is 9.47 Å². The van der Waals surface area contributed by atoms with Gasteiger partial charge in [0.05, 0.1) is 31.4 Å². The summed E-state index contributed by atoms with van der Waals surface area (Å²) in [7, 11) is 1.56. The summed E-state index contributed by atoms with van der Waals surface area (Å²) in [6, 6.07) is 19.4.